The summed E-state index contributed by atoms with van der Waals surface area (Å²) >= 11 is 11.7. The summed E-state index contributed by atoms with van der Waals surface area (Å²) in [5.41, 5.74) is 4.35. The summed E-state index contributed by atoms with van der Waals surface area (Å²) in [6.45, 7) is 1.05. The van der Waals surface area contributed by atoms with Gasteiger partial charge in [-0.15, -0.1) is 0 Å². The molecule has 0 atom stereocenters. The Labute approximate surface area is 242 Å². The van der Waals surface area contributed by atoms with Crippen molar-refractivity contribution in [1.82, 2.24) is 0 Å². The molecule has 0 bridgehead atoms. The maximum Gasteiger partial charge on any atom is 0.199 e. The SMILES string of the molecule is Cc1cc(N2C(=S)N(c3ccc(CO)cc3)C3(CCC3)/C2=N\C(=S)Nc2ccc(C#N)c(CF)c2)ccc1C#N. The minimum atomic E-state index is -0.771. The number of hydrogen-bond acceptors (Lipinski definition) is 5. The summed E-state index contributed by atoms with van der Waals surface area (Å²) in [5, 5.41) is 32.0. The Morgan fingerprint density at radius 2 is 1.73 bits per heavy atom. The number of rotatable bonds is 5. The molecule has 1 spiro atoms. The number of halogens is 1. The number of aliphatic imine (C=N–C) groups is 1. The lowest BCUT2D eigenvalue weighted by Crippen LogP contribution is -2.55. The zero-order valence-corrected chi connectivity index (χ0v) is 23.3. The molecule has 2 N–H and O–H groups in total. The van der Waals surface area contributed by atoms with Crippen molar-refractivity contribution in [2.24, 2.45) is 4.99 Å². The Hall–Kier alpha value is -4.22. The lowest BCUT2D eigenvalue weighted by Gasteiger charge is -2.44. The van der Waals surface area contributed by atoms with Gasteiger partial charge in [-0.25, -0.2) is 9.38 Å². The Bertz CT molecular complexity index is 1620. The van der Waals surface area contributed by atoms with Crippen molar-refractivity contribution in [3.8, 4) is 12.1 Å². The van der Waals surface area contributed by atoms with Crippen LogP contribution in [0.5, 0.6) is 0 Å². The highest BCUT2D eigenvalue weighted by Gasteiger charge is 2.58. The van der Waals surface area contributed by atoms with E-state index in [1.54, 1.807) is 24.3 Å². The van der Waals surface area contributed by atoms with Crippen LogP contribution in [-0.4, -0.2) is 26.7 Å². The molecule has 0 amide bonds. The number of hydrogen-bond donors (Lipinski definition) is 2. The summed E-state index contributed by atoms with van der Waals surface area (Å²) in [6, 6.07) is 22.1. The molecule has 200 valence electrons. The van der Waals surface area contributed by atoms with E-state index in [1.807, 2.05) is 54.3 Å². The third-order valence-corrected chi connectivity index (χ3v) is 7.97. The van der Waals surface area contributed by atoms with Gasteiger partial charge in [0.25, 0.3) is 0 Å². The number of aryl methyl sites for hydroxylation is 1. The van der Waals surface area contributed by atoms with Crippen molar-refractivity contribution in [1.29, 1.82) is 10.5 Å². The van der Waals surface area contributed by atoms with E-state index in [9.17, 15) is 20.0 Å². The van der Waals surface area contributed by atoms with Gasteiger partial charge in [-0.2, -0.15) is 10.5 Å². The van der Waals surface area contributed by atoms with E-state index >= 15 is 0 Å². The molecule has 0 aromatic heterocycles. The molecule has 7 nitrogen and oxygen atoms in total. The highest BCUT2D eigenvalue weighted by Crippen LogP contribution is 2.48. The maximum atomic E-state index is 13.5. The van der Waals surface area contributed by atoms with Gasteiger partial charge < -0.3 is 15.3 Å². The van der Waals surface area contributed by atoms with Crippen molar-refractivity contribution in [2.45, 2.75) is 45.0 Å². The first-order valence-electron chi connectivity index (χ1n) is 12.7. The number of nitrogens with one attached hydrogen (secondary N) is 1. The summed E-state index contributed by atoms with van der Waals surface area (Å²) in [4.78, 5) is 8.91. The van der Waals surface area contributed by atoms with E-state index in [0.717, 1.165) is 41.8 Å². The molecule has 0 unspecified atom stereocenters. The predicted octanol–water partition coefficient (Wildman–Crippen LogP) is 6.03. The topological polar surface area (TPSA) is 98.7 Å². The van der Waals surface area contributed by atoms with Crippen LogP contribution in [0.15, 0.2) is 65.7 Å². The molecule has 40 heavy (non-hydrogen) atoms. The third-order valence-electron chi connectivity index (χ3n) is 7.41. The first-order valence-corrected chi connectivity index (χ1v) is 13.5. The third kappa shape index (κ3) is 4.71. The zero-order valence-electron chi connectivity index (χ0n) is 21.7. The van der Waals surface area contributed by atoms with Crippen molar-refractivity contribution in [2.75, 3.05) is 15.1 Å². The number of thiocarbonyl (C=S) groups is 2. The number of aliphatic hydroxyl groups is 1. The fourth-order valence-corrected chi connectivity index (χ4v) is 5.86. The molecule has 5 rings (SSSR count). The average Bonchev–Trinajstić information content (AvgIpc) is 3.20. The van der Waals surface area contributed by atoms with Crippen molar-refractivity contribution in [3.63, 3.8) is 0 Å². The van der Waals surface area contributed by atoms with Crippen LogP contribution in [0.1, 0.15) is 47.1 Å². The molecule has 3 aromatic rings. The number of amidine groups is 1. The Morgan fingerprint density at radius 1 is 1.05 bits per heavy atom. The van der Waals surface area contributed by atoms with Crippen LogP contribution in [-0.2, 0) is 13.3 Å². The Kier molecular flexibility index (Phi) is 7.59. The second kappa shape index (κ2) is 11.1. The van der Waals surface area contributed by atoms with Gasteiger partial charge in [-0.3, -0.25) is 4.90 Å². The molecule has 1 saturated carbocycles. The van der Waals surface area contributed by atoms with Gasteiger partial charge in [0.1, 0.15) is 18.0 Å². The zero-order chi connectivity index (χ0) is 28.4. The van der Waals surface area contributed by atoms with Gasteiger partial charge in [0.15, 0.2) is 10.2 Å². The van der Waals surface area contributed by atoms with Crippen LogP contribution in [0.2, 0.25) is 0 Å². The normalized spacial score (nSPS) is 16.5. The number of anilines is 3. The maximum absolute atomic E-state index is 13.5. The minimum absolute atomic E-state index is 0.0569. The van der Waals surface area contributed by atoms with Crippen LogP contribution < -0.4 is 15.1 Å². The molecule has 2 fully saturated rings. The quantitative estimate of drug-likeness (QED) is 0.360. The van der Waals surface area contributed by atoms with E-state index in [-0.39, 0.29) is 22.8 Å². The van der Waals surface area contributed by atoms with Crippen LogP contribution in [0.4, 0.5) is 21.5 Å². The van der Waals surface area contributed by atoms with Gasteiger partial charge in [0.2, 0.25) is 0 Å². The molecule has 1 saturated heterocycles. The van der Waals surface area contributed by atoms with Crippen LogP contribution in [0.3, 0.4) is 0 Å². The second-order valence-corrected chi connectivity index (χ2v) is 10.5. The summed E-state index contributed by atoms with van der Waals surface area (Å²) in [6.07, 6.45) is 2.57. The van der Waals surface area contributed by atoms with Crippen molar-refractivity contribution < 1.29 is 9.50 Å². The highest BCUT2D eigenvalue weighted by molar-refractivity contribution is 7.81. The lowest BCUT2D eigenvalue weighted by molar-refractivity contribution is 0.282. The van der Waals surface area contributed by atoms with Gasteiger partial charge in [0.05, 0.1) is 29.9 Å². The largest absolute Gasteiger partial charge is 0.392 e. The smallest absolute Gasteiger partial charge is 0.199 e. The average molecular weight is 569 g/mol. The van der Waals surface area contributed by atoms with Crippen LogP contribution in [0, 0.1) is 29.6 Å². The van der Waals surface area contributed by atoms with Crippen molar-refractivity contribution in [3.05, 3.63) is 88.5 Å². The second-order valence-electron chi connectivity index (χ2n) is 9.76. The van der Waals surface area contributed by atoms with Gasteiger partial charge in [-0.05, 0) is 110 Å². The van der Waals surface area contributed by atoms with Gasteiger partial charge >= 0.3 is 0 Å². The van der Waals surface area contributed by atoms with E-state index in [1.165, 1.54) is 0 Å². The predicted molar refractivity (Wildman–Crippen MR) is 162 cm³/mol. The fourth-order valence-electron chi connectivity index (χ4n) is 5.19. The first kappa shape index (κ1) is 27.4. The molecule has 10 heteroatoms. The molecular formula is C30H25FN6OS2. The Balaban J connectivity index is 1.60. The van der Waals surface area contributed by atoms with E-state index in [4.69, 9.17) is 29.4 Å². The number of nitrogens with zero attached hydrogens (tertiary/aromatic N) is 5. The number of benzene rings is 3. The highest BCUT2D eigenvalue weighted by atomic mass is 32.1. The van der Waals surface area contributed by atoms with Crippen LogP contribution in [0.25, 0.3) is 0 Å². The first-order chi connectivity index (χ1) is 19.3. The van der Waals surface area contributed by atoms with E-state index in [0.29, 0.717) is 22.2 Å². The fraction of sp³-hybridized carbons (Fsp3) is 0.233. The molecule has 1 aliphatic heterocycles. The van der Waals surface area contributed by atoms with Crippen molar-refractivity contribution >= 4 is 57.6 Å². The molecule has 2 aliphatic rings. The number of alkyl halides is 1. The van der Waals surface area contributed by atoms with Gasteiger partial charge in [-0.1, -0.05) is 12.1 Å². The lowest BCUT2D eigenvalue weighted by atomic mass is 9.74. The summed E-state index contributed by atoms with van der Waals surface area (Å²) in [7, 11) is 0. The summed E-state index contributed by atoms with van der Waals surface area (Å²) < 4.78 is 13.5. The van der Waals surface area contributed by atoms with Gasteiger partial charge in [0, 0.05) is 22.6 Å². The van der Waals surface area contributed by atoms with E-state index in [2.05, 4.69) is 16.3 Å². The molecule has 3 aromatic carbocycles. The molecule has 0 radical (unpaired) electrons. The summed E-state index contributed by atoms with van der Waals surface area (Å²) in [5.74, 6) is 0.663. The molecule has 1 heterocycles. The number of nitriles is 2. The molecule has 1 aliphatic carbocycles. The Morgan fingerprint density at radius 3 is 2.30 bits per heavy atom. The minimum Gasteiger partial charge on any atom is -0.392 e. The number of aliphatic hydroxyl groups excluding tert-OH is 1. The van der Waals surface area contributed by atoms with Crippen LogP contribution >= 0.6 is 24.4 Å². The van der Waals surface area contributed by atoms with E-state index < -0.39 is 12.2 Å². The standard InChI is InChI=1S/C30H25FN6OS2/c1-19-13-26(10-6-21(19)16-32)36-27(35-28(39)34-24-7-5-22(17-33)23(14-24)15-31)30(11-2-12-30)37(29(36)40)25-8-3-20(18-38)4-9-25/h3-10,13-14,38H,2,11-12,15,18H2,1H3,(H,34,39)/b35-27+. The molecular weight excluding hydrogens is 544 g/mol. The monoisotopic (exact) mass is 568 g/mol.